The van der Waals surface area contributed by atoms with Crippen molar-refractivity contribution in [1.29, 1.82) is 0 Å². The van der Waals surface area contributed by atoms with Crippen molar-refractivity contribution in [3.8, 4) is 5.75 Å². The Balaban J connectivity index is 2.07. The average molecular weight is 271 g/mol. The number of ether oxygens (including phenoxy) is 1. The fraction of sp³-hybridized carbons (Fsp3) is 0.571. The Kier molecular flexibility index (Phi) is 4.37. The second-order valence-corrected chi connectivity index (χ2v) is 5.14. The summed E-state index contributed by atoms with van der Waals surface area (Å²) >= 11 is 0. The predicted octanol–water partition coefficient (Wildman–Crippen LogP) is 2.37. The maximum absolute atomic E-state index is 13.8. The van der Waals surface area contributed by atoms with Crippen molar-refractivity contribution in [3.05, 3.63) is 29.3 Å². The molecular weight excluding hydrogens is 252 g/mol. The van der Waals surface area contributed by atoms with Crippen molar-refractivity contribution >= 4 is 0 Å². The molecule has 1 aliphatic rings. The molecule has 0 atom stereocenters. The smallest absolute Gasteiger partial charge is 0.190 e. The van der Waals surface area contributed by atoms with Crippen molar-refractivity contribution in [2.45, 2.75) is 37.8 Å². The van der Waals surface area contributed by atoms with Gasteiger partial charge in [0.25, 0.3) is 0 Å². The van der Waals surface area contributed by atoms with E-state index >= 15 is 0 Å². The molecule has 0 unspecified atom stereocenters. The third-order valence-corrected chi connectivity index (χ3v) is 3.46. The van der Waals surface area contributed by atoms with Crippen molar-refractivity contribution in [1.82, 2.24) is 5.32 Å². The molecule has 1 fully saturated rings. The van der Waals surface area contributed by atoms with Crippen LogP contribution < -0.4 is 10.1 Å². The maximum atomic E-state index is 13.8. The lowest BCUT2D eigenvalue weighted by Gasteiger charge is -2.22. The molecule has 0 aromatic heterocycles. The maximum Gasteiger partial charge on any atom is 0.190 e. The minimum atomic E-state index is -0.942. The summed E-state index contributed by atoms with van der Waals surface area (Å²) < 4.78 is 32.7. The molecule has 0 spiro atoms. The summed E-state index contributed by atoms with van der Waals surface area (Å²) in [4.78, 5) is 0. The first-order valence-corrected chi connectivity index (χ1v) is 6.52. The largest absolute Gasteiger partial charge is 0.485 e. The zero-order valence-electron chi connectivity index (χ0n) is 11.0. The van der Waals surface area contributed by atoms with E-state index in [1.54, 1.807) is 7.05 Å². The molecule has 0 radical (unpaired) electrons. The normalized spacial score (nSPS) is 17.7. The Hall–Kier alpha value is -1.20. The number of aliphatic hydroxyl groups is 1. The Morgan fingerprint density at radius 1 is 1.26 bits per heavy atom. The van der Waals surface area contributed by atoms with Gasteiger partial charge in [0.2, 0.25) is 0 Å². The molecule has 0 aliphatic heterocycles. The van der Waals surface area contributed by atoms with E-state index in [0.717, 1.165) is 12.8 Å². The van der Waals surface area contributed by atoms with E-state index in [0.29, 0.717) is 24.9 Å². The lowest BCUT2D eigenvalue weighted by molar-refractivity contribution is -0.000844. The summed E-state index contributed by atoms with van der Waals surface area (Å²) in [6, 6.07) is 2.49. The first-order chi connectivity index (χ1) is 9.04. The Morgan fingerprint density at radius 3 is 2.37 bits per heavy atom. The van der Waals surface area contributed by atoms with Gasteiger partial charge < -0.3 is 15.2 Å². The Morgan fingerprint density at radius 2 is 1.84 bits per heavy atom. The number of nitrogens with one attached hydrogen (secondary N) is 1. The van der Waals surface area contributed by atoms with E-state index in [1.165, 1.54) is 12.1 Å². The predicted molar refractivity (Wildman–Crippen MR) is 68.0 cm³/mol. The lowest BCUT2D eigenvalue weighted by atomic mass is 10.0. The van der Waals surface area contributed by atoms with Crippen LogP contribution in [0.3, 0.4) is 0 Å². The molecule has 106 valence electrons. The van der Waals surface area contributed by atoms with Crippen LogP contribution in [0.2, 0.25) is 0 Å². The third kappa shape index (κ3) is 3.42. The second-order valence-electron chi connectivity index (χ2n) is 5.14. The van der Waals surface area contributed by atoms with Gasteiger partial charge in [0.05, 0.1) is 5.60 Å². The highest BCUT2D eigenvalue weighted by Crippen LogP contribution is 2.31. The van der Waals surface area contributed by atoms with Gasteiger partial charge in [-0.1, -0.05) is 12.8 Å². The summed E-state index contributed by atoms with van der Waals surface area (Å²) in [7, 11) is 1.70. The monoisotopic (exact) mass is 271 g/mol. The molecule has 0 heterocycles. The van der Waals surface area contributed by atoms with Gasteiger partial charge in [0.15, 0.2) is 17.4 Å². The van der Waals surface area contributed by atoms with E-state index in [4.69, 9.17) is 4.74 Å². The molecule has 19 heavy (non-hydrogen) atoms. The Labute approximate surface area is 111 Å². The number of rotatable bonds is 5. The fourth-order valence-electron chi connectivity index (χ4n) is 2.44. The van der Waals surface area contributed by atoms with Gasteiger partial charge >= 0.3 is 0 Å². The Bertz CT molecular complexity index is 422. The van der Waals surface area contributed by atoms with Crippen LogP contribution in [0.5, 0.6) is 5.75 Å². The van der Waals surface area contributed by atoms with Crippen molar-refractivity contribution < 1.29 is 18.6 Å². The van der Waals surface area contributed by atoms with Gasteiger partial charge in [-0.2, -0.15) is 0 Å². The molecule has 0 saturated heterocycles. The van der Waals surface area contributed by atoms with Crippen molar-refractivity contribution in [2.75, 3.05) is 13.7 Å². The first-order valence-electron chi connectivity index (χ1n) is 6.52. The topological polar surface area (TPSA) is 41.5 Å². The highest BCUT2D eigenvalue weighted by atomic mass is 19.1. The molecule has 1 saturated carbocycles. The van der Waals surface area contributed by atoms with E-state index in [1.807, 2.05) is 0 Å². The van der Waals surface area contributed by atoms with Crippen LogP contribution in [0.1, 0.15) is 31.2 Å². The van der Waals surface area contributed by atoms with Gasteiger partial charge in [-0.3, -0.25) is 0 Å². The molecule has 0 amide bonds. The summed E-state index contributed by atoms with van der Waals surface area (Å²) in [5, 5.41) is 12.9. The molecule has 2 rings (SSSR count). The summed E-state index contributed by atoms with van der Waals surface area (Å²) in [6.07, 6.45) is 3.08. The number of hydrogen-bond donors (Lipinski definition) is 2. The van der Waals surface area contributed by atoms with Gasteiger partial charge in [-0.25, -0.2) is 8.78 Å². The first kappa shape index (κ1) is 14.2. The summed E-state index contributed by atoms with van der Waals surface area (Å²) in [5.41, 5.74) is -0.424. The highest BCUT2D eigenvalue weighted by Gasteiger charge is 2.32. The molecule has 5 heteroatoms. The summed E-state index contributed by atoms with van der Waals surface area (Å²) in [5.74, 6) is -1.86. The van der Waals surface area contributed by atoms with Crippen LogP contribution in [0, 0.1) is 11.6 Å². The zero-order chi connectivity index (χ0) is 13.9. The summed E-state index contributed by atoms with van der Waals surface area (Å²) in [6.45, 7) is 0.324. The van der Waals surface area contributed by atoms with E-state index in [-0.39, 0.29) is 6.61 Å². The fourth-order valence-corrected chi connectivity index (χ4v) is 2.44. The molecule has 1 aromatic rings. The van der Waals surface area contributed by atoms with E-state index in [9.17, 15) is 13.9 Å². The van der Waals surface area contributed by atoms with E-state index < -0.39 is 23.0 Å². The molecule has 1 aromatic carbocycles. The van der Waals surface area contributed by atoms with Crippen LogP contribution in [0.4, 0.5) is 8.78 Å². The van der Waals surface area contributed by atoms with Crippen molar-refractivity contribution in [2.24, 2.45) is 0 Å². The average Bonchev–Trinajstić information content (AvgIpc) is 2.76. The number of halogens is 2. The number of benzene rings is 1. The van der Waals surface area contributed by atoms with Crippen LogP contribution in [-0.2, 0) is 6.54 Å². The zero-order valence-corrected chi connectivity index (χ0v) is 11.0. The van der Waals surface area contributed by atoms with Crippen LogP contribution in [0.15, 0.2) is 12.1 Å². The SMILES string of the molecule is CNCc1cc(F)c(OCC2(O)CCCC2)c(F)c1. The molecule has 3 nitrogen and oxygen atoms in total. The number of hydrogen-bond acceptors (Lipinski definition) is 3. The van der Waals surface area contributed by atoms with Crippen LogP contribution in [-0.4, -0.2) is 24.4 Å². The van der Waals surface area contributed by atoms with E-state index in [2.05, 4.69) is 5.32 Å². The minimum absolute atomic E-state index is 0.0633. The van der Waals surface area contributed by atoms with Gasteiger partial charge in [-0.15, -0.1) is 0 Å². The molecule has 2 N–H and O–H groups in total. The van der Waals surface area contributed by atoms with Gasteiger partial charge in [0.1, 0.15) is 6.61 Å². The van der Waals surface area contributed by atoms with Crippen LogP contribution in [0.25, 0.3) is 0 Å². The molecule has 1 aliphatic carbocycles. The highest BCUT2D eigenvalue weighted by molar-refractivity contribution is 5.31. The van der Waals surface area contributed by atoms with Crippen LogP contribution >= 0.6 is 0 Å². The van der Waals surface area contributed by atoms with Gasteiger partial charge in [-0.05, 0) is 37.6 Å². The van der Waals surface area contributed by atoms with Gasteiger partial charge in [0, 0.05) is 6.54 Å². The minimum Gasteiger partial charge on any atom is -0.485 e. The lowest BCUT2D eigenvalue weighted by Crippen LogP contribution is -2.32. The third-order valence-electron chi connectivity index (χ3n) is 3.46. The molecular formula is C14H19F2NO2. The van der Waals surface area contributed by atoms with Crippen molar-refractivity contribution in [3.63, 3.8) is 0 Å². The molecule has 0 bridgehead atoms. The second kappa shape index (κ2) is 5.84. The standard InChI is InChI=1S/C14H19F2NO2/c1-17-8-10-6-11(15)13(12(16)7-10)19-9-14(18)4-2-3-5-14/h6-7,17-18H,2-5,8-9H2,1H3. The quantitative estimate of drug-likeness (QED) is 0.864.